The van der Waals surface area contributed by atoms with Gasteiger partial charge in [-0.1, -0.05) is 170 Å². The molecule has 0 radical (unpaired) electrons. The highest BCUT2D eigenvalue weighted by atomic mass is 15.0. The van der Waals surface area contributed by atoms with Crippen molar-refractivity contribution in [2.75, 3.05) is 0 Å². The van der Waals surface area contributed by atoms with Crippen LogP contribution in [0.2, 0.25) is 0 Å². The predicted molar refractivity (Wildman–Crippen MR) is 254 cm³/mol. The minimum absolute atomic E-state index is 0.706. The van der Waals surface area contributed by atoms with Crippen LogP contribution in [-0.4, -0.2) is 19.5 Å². The Labute approximate surface area is 352 Å². The Balaban J connectivity index is 1.06. The average molecular weight is 777 g/mol. The smallest absolute Gasteiger partial charge is 0.160 e. The third-order valence-corrected chi connectivity index (χ3v) is 12.0. The van der Waals surface area contributed by atoms with Crippen LogP contribution < -0.4 is 0 Å². The van der Waals surface area contributed by atoms with Gasteiger partial charge in [0.05, 0.1) is 33.6 Å². The van der Waals surface area contributed by atoms with Gasteiger partial charge in [0, 0.05) is 54.9 Å². The Morgan fingerprint density at radius 1 is 0.311 bits per heavy atom. The van der Waals surface area contributed by atoms with Crippen LogP contribution >= 0.6 is 0 Å². The Morgan fingerprint density at radius 3 is 1.69 bits per heavy atom. The van der Waals surface area contributed by atoms with Gasteiger partial charge in [0.2, 0.25) is 0 Å². The van der Waals surface area contributed by atoms with E-state index in [9.17, 15) is 0 Å². The number of rotatable bonds is 6. The number of fused-ring (bicyclic) bond motifs is 8. The molecule has 61 heavy (non-hydrogen) atoms. The number of hydrogen-bond acceptors (Lipinski definition) is 3. The summed E-state index contributed by atoms with van der Waals surface area (Å²) in [6, 6.07) is 77.4. The van der Waals surface area contributed by atoms with Crippen molar-refractivity contribution in [1.29, 1.82) is 0 Å². The summed E-state index contributed by atoms with van der Waals surface area (Å²) >= 11 is 0. The molecule has 3 heterocycles. The fourth-order valence-electron chi connectivity index (χ4n) is 9.05. The van der Waals surface area contributed by atoms with Gasteiger partial charge in [0.1, 0.15) is 0 Å². The summed E-state index contributed by atoms with van der Waals surface area (Å²) in [5.74, 6) is 0.706. The van der Waals surface area contributed by atoms with Crippen molar-refractivity contribution >= 4 is 54.3 Å². The van der Waals surface area contributed by atoms with E-state index in [0.29, 0.717) is 5.82 Å². The molecular formula is C57H36N4. The van der Waals surface area contributed by atoms with Gasteiger partial charge in [0.15, 0.2) is 5.82 Å². The fraction of sp³-hybridized carbons (Fsp3) is 0. The highest BCUT2D eigenvalue weighted by Crippen LogP contribution is 2.43. The van der Waals surface area contributed by atoms with Crippen LogP contribution in [-0.2, 0) is 0 Å². The highest BCUT2D eigenvalue weighted by molar-refractivity contribution is 6.30. The van der Waals surface area contributed by atoms with Crippen molar-refractivity contribution in [3.05, 3.63) is 218 Å². The summed E-state index contributed by atoms with van der Waals surface area (Å²) in [5.41, 5.74) is 13.6. The average Bonchev–Trinajstić information content (AvgIpc) is 3.68. The van der Waals surface area contributed by atoms with Gasteiger partial charge in [-0.15, -0.1) is 0 Å². The Bertz CT molecular complexity index is 3560. The summed E-state index contributed by atoms with van der Waals surface area (Å²) in [6.07, 6.45) is 0. The molecule has 12 rings (SSSR count). The number of hydrogen-bond donors (Lipinski definition) is 0. The lowest BCUT2D eigenvalue weighted by Gasteiger charge is -2.14. The lowest BCUT2D eigenvalue weighted by molar-refractivity contribution is 1.18. The first-order valence-corrected chi connectivity index (χ1v) is 20.7. The second kappa shape index (κ2) is 14.3. The molecular weight excluding hydrogens is 741 g/mol. The second-order valence-electron chi connectivity index (χ2n) is 15.6. The molecule has 0 spiro atoms. The van der Waals surface area contributed by atoms with Crippen LogP contribution in [0, 0.1) is 0 Å². The van der Waals surface area contributed by atoms with Crippen LogP contribution in [0.1, 0.15) is 0 Å². The van der Waals surface area contributed by atoms with E-state index in [1.54, 1.807) is 0 Å². The lowest BCUT2D eigenvalue weighted by atomic mass is 9.93. The molecule has 0 saturated heterocycles. The summed E-state index contributed by atoms with van der Waals surface area (Å²) in [4.78, 5) is 15.5. The minimum Gasteiger partial charge on any atom is -0.309 e. The summed E-state index contributed by atoms with van der Waals surface area (Å²) < 4.78 is 2.40. The van der Waals surface area contributed by atoms with E-state index in [-0.39, 0.29) is 0 Å². The monoisotopic (exact) mass is 776 g/mol. The zero-order valence-electron chi connectivity index (χ0n) is 33.1. The van der Waals surface area contributed by atoms with Crippen LogP contribution in [0.15, 0.2) is 218 Å². The van der Waals surface area contributed by atoms with Crippen molar-refractivity contribution in [3.63, 3.8) is 0 Å². The number of pyridine rings is 1. The van der Waals surface area contributed by atoms with Gasteiger partial charge >= 0.3 is 0 Å². The third kappa shape index (κ3) is 5.96. The molecule has 0 atom stereocenters. The maximum absolute atomic E-state index is 5.47. The van der Waals surface area contributed by atoms with Crippen LogP contribution in [0.3, 0.4) is 0 Å². The molecule has 0 aliphatic heterocycles. The van der Waals surface area contributed by atoms with Gasteiger partial charge in [-0.3, -0.25) is 0 Å². The molecule has 0 saturated carbocycles. The fourth-order valence-corrected chi connectivity index (χ4v) is 9.05. The molecule has 4 heteroatoms. The first-order valence-electron chi connectivity index (χ1n) is 20.7. The Morgan fingerprint density at radius 2 is 0.918 bits per heavy atom. The van der Waals surface area contributed by atoms with Crippen molar-refractivity contribution in [1.82, 2.24) is 19.5 Å². The molecule has 0 aliphatic rings. The number of benzene rings is 9. The zero-order valence-corrected chi connectivity index (χ0v) is 33.1. The molecule has 0 amide bonds. The molecule has 4 nitrogen and oxygen atoms in total. The van der Waals surface area contributed by atoms with Crippen LogP contribution in [0.4, 0.5) is 0 Å². The molecule has 9 aromatic carbocycles. The minimum atomic E-state index is 0.706. The predicted octanol–water partition coefficient (Wildman–Crippen LogP) is 14.8. The topological polar surface area (TPSA) is 43.6 Å². The number of nitrogens with zero attached hydrogens (tertiary/aromatic N) is 4. The van der Waals surface area contributed by atoms with E-state index in [0.717, 1.165) is 72.4 Å². The standard InChI is InChI=1S/C57H36N4/c1-4-15-39(16-5-1)50-36-51(60-57(59-50)41-17-6-2-7-18-41)40-27-24-38(25-28-40)43-30-32-49-48(35-43)54-47(56(58-49)44-29-26-37-14-10-11-19-42(37)34-44)31-33-53-55(54)46-22-12-13-23-52(46)61(53)45-20-8-3-9-21-45/h1-36H. The van der Waals surface area contributed by atoms with Gasteiger partial charge in [-0.05, 0) is 70.4 Å². The molecule has 3 aromatic heterocycles. The quantitative estimate of drug-likeness (QED) is 0.158. The maximum atomic E-state index is 5.47. The van der Waals surface area contributed by atoms with Crippen molar-refractivity contribution < 1.29 is 0 Å². The second-order valence-corrected chi connectivity index (χ2v) is 15.6. The molecule has 0 unspecified atom stereocenters. The van der Waals surface area contributed by atoms with E-state index in [1.165, 1.54) is 38.0 Å². The first-order chi connectivity index (χ1) is 30.2. The number of aromatic nitrogens is 4. The van der Waals surface area contributed by atoms with Crippen LogP contribution in [0.25, 0.3) is 116 Å². The van der Waals surface area contributed by atoms with Crippen molar-refractivity contribution in [2.24, 2.45) is 0 Å². The maximum Gasteiger partial charge on any atom is 0.160 e. The van der Waals surface area contributed by atoms with E-state index in [1.807, 2.05) is 36.4 Å². The number of para-hydroxylation sites is 2. The molecule has 0 bridgehead atoms. The largest absolute Gasteiger partial charge is 0.309 e. The molecule has 0 N–H and O–H groups in total. The van der Waals surface area contributed by atoms with Crippen molar-refractivity contribution in [2.45, 2.75) is 0 Å². The molecule has 12 aromatic rings. The Kier molecular flexibility index (Phi) is 8.13. The van der Waals surface area contributed by atoms with E-state index >= 15 is 0 Å². The van der Waals surface area contributed by atoms with Gasteiger partial charge < -0.3 is 4.57 Å². The lowest BCUT2D eigenvalue weighted by Crippen LogP contribution is -1.96. The van der Waals surface area contributed by atoms with Gasteiger partial charge in [0.25, 0.3) is 0 Å². The molecule has 0 aliphatic carbocycles. The third-order valence-electron chi connectivity index (χ3n) is 12.0. The Hall–Kier alpha value is -8.21. The molecule has 0 fully saturated rings. The summed E-state index contributed by atoms with van der Waals surface area (Å²) in [5, 5.41) is 8.32. The SMILES string of the molecule is c1ccc(-c2cc(-c3ccc(-c4ccc5nc(-c6ccc7ccccc7c6)c6ccc7c(c8ccccc8n7-c7ccccc7)c6c5c4)cc3)nc(-c3ccccc3)n2)cc1. The molecule has 284 valence electrons. The zero-order chi connectivity index (χ0) is 40.3. The highest BCUT2D eigenvalue weighted by Gasteiger charge is 2.20. The van der Waals surface area contributed by atoms with Crippen LogP contribution in [0.5, 0.6) is 0 Å². The van der Waals surface area contributed by atoms with Crippen molar-refractivity contribution in [3.8, 4) is 62.0 Å². The summed E-state index contributed by atoms with van der Waals surface area (Å²) in [6.45, 7) is 0. The van der Waals surface area contributed by atoms with E-state index in [2.05, 4.69) is 187 Å². The van der Waals surface area contributed by atoms with E-state index < -0.39 is 0 Å². The van der Waals surface area contributed by atoms with Gasteiger partial charge in [-0.2, -0.15) is 0 Å². The van der Waals surface area contributed by atoms with Gasteiger partial charge in [-0.25, -0.2) is 15.0 Å². The summed E-state index contributed by atoms with van der Waals surface area (Å²) in [7, 11) is 0. The first kappa shape index (κ1) is 34.8. The normalized spacial score (nSPS) is 11.6. The van der Waals surface area contributed by atoms with E-state index in [4.69, 9.17) is 15.0 Å².